The van der Waals surface area contributed by atoms with E-state index in [0.717, 1.165) is 17.9 Å². The first-order chi connectivity index (χ1) is 9.13. The molecule has 0 amide bonds. The number of thiocarbonyl (C=S) groups is 1. The van der Waals surface area contributed by atoms with E-state index in [-0.39, 0.29) is 11.0 Å². The van der Waals surface area contributed by atoms with E-state index in [4.69, 9.17) is 17.0 Å². The molecule has 0 atom stereocenters. The molecule has 1 aromatic rings. The van der Waals surface area contributed by atoms with E-state index in [1.807, 2.05) is 24.3 Å². The molecule has 0 aliphatic heterocycles. The quantitative estimate of drug-likeness (QED) is 0.816. The number of nitrogens with one attached hydrogen (secondary N) is 2. The highest BCUT2D eigenvalue weighted by atomic mass is 32.1. The molecule has 0 unspecified atom stereocenters. The smallest absolute Gasteiger partial charge is 0.171 e. The van der Waals surface area contributed by atoms with Crippen LogP contribution in [0.1, 0.15) is 41.0 Å². The minimum atomic E-state index is -0.0651. The molecule has 0 spiro atoms. The second kappa shape index (κ2) is 6.44. The van der Waals surface area contributed by atoms with Crippen molar-refractivity contribution in [1.29, 1.82) is 0 Å². The zero-order valence-electron chi connectivity index (χ0n) is 13.3. The van der Waals surface area contributed by atoms with Crippen molar-refractivity contribution in [1.82, 2.24) is 5.32 Å². The molecule has 1 rings (SSSR count). The fourth-order valence-electron chi connectivity index (χ4n) is 2.58. The lowest BCUT2D eigenvalue weighted by Crippen LogP contribution is -2.47. The van der Waals surface area contributed by atoms with Gasteiger partial charge in [0, 0.05) is 5.54 Å². The van der Waals surface area contributed by atoms with Crippen LogP contribution in [0.15, 0.2) is 24.3 Å². The van der Waals surface area contributed by atoms with Gasteiger partial charge >= 0.3 is 0 Å². The minimum Gasteiger partial charge on any atom is -0.495 e. The lowest BCUT2D eigenvalue weighted by Gasteiger charge is -2.34. The maximum atomic E-state index is 5.40. The fraction of sp³-hybridized carbons (Fsp3) is 0.562. The molecule has 0 aromatic heterocycles. The van der Waals surface area contributed by atoms with Crippen molar-refractivity contribution in [2.45, 2.75) is 46.6 Å². The first-order valence-electron chi connectivity index (χ1n) is 6.85. The molecule has 20 heavy (non-hydrogen) atoms. The van der Waals surface area contributed by atoms with Gasteiger partial charge in [0.25, 0.3) is 0 Å². The number of rotatable bonds is 4. The van der Waals surface area contributed by atoms with Crippen LogP contribution >= 0.6 is 12.2 Å². The van der Waals surface area contributed by atoms with Gasteiger partial charge in [0.2, 0.25) is 0 Å². The van der Waals surface area contributed by atoms with Gasteiger partial charge in [-0.15, -0.1) is 0 Å². The van der Waals surface area contributed by atoms with Crippen LogP contribution in [0.4, 0.5) is 5.69 Å². The van der Waals surface area contributed by atoms with E-state index in [2.05, 4.69) is 45.3 Å². The Hall–Kier alpha value is -1.29. The van der Waals surface area contributed by atoms with Crippen LogP contribution < -0.4 is 15.4 Å². The number of methoxy groups -OCH3 is 1. The highest BCUT2D eigenvalue weighted by Crippen LogP contribution is 2.27. The Kier molecular flexibility index (Phi) is 5.40. The van der Waals surface area contributed by atoms with E-state index < -0.39 is 0 Å². The summed E-state index contributed by atoms with van der Waals surface area (Å²) in [6.45, 7) is 11.0. The van der Waals surface area contributed by atoms with Gasteiger partial charge in [-0.05, 0) is 50.0 Å². The Bertz CT molecular complexity index is 464. The van der Waals surface area contributed by atoms with E-state index in [0.29, 0.717) is 5.11 Å². The highest BCUT2D eigenvalue weighted by molar-refractivity contribution is 7.80. The normalized spacial score (nSPS) is 11.9. The number of para-hydroxylation sites is 2. The highest BCUT2D eigenvalue weighted by Gasteiger charge is 2.26. The molecule has 3 nitrogen and oxygen atoms in total. The van der Waals surface area contributed by atoms with Crippen molar-refractivity contribution >= 4 is 23.0 Å². The van der Waals surface area contributed by atoms with Gasteiger partial charge in [0.15, 0.2) is 5.11 Å². The minimum absolute atomic E-state index is 0.0651. The second-order valence-corrected chi connectivity index (χ2v) is 7.31. The summed E-state index contributed by atoms with van der Waals surface area (Å²) in [7, 11) is 1.65. The lowest BCUT2D eigenvalue weighted by atomic mass is 9.82. The summed E-state index contributed by atoms with van der Waals surface area (Å²) >= 11 is 5.40. The molecule has 0 heterocycles. The van der Waals surface area contributed by atoms with Crippen LogP contribution in [0.2, 0.25) is 0 Å². The summed E-state index contributed by atoms with van der Waals surface area (Å²) in [5.41, 5.74) is 1.06. The third-order valence-corrected chi connectivity index (χ3v) is 2.98. The maximum Gasteiger partial charge on any atom is 0.171 e. The summed E-state index contributed by atoms with van der Waals surface area (Å²) in [5.74, 6) is 0.783. The number of hydrogen-bond donors (Lipinski definition) is 2. The first kappa shape index (κ1) is 16.8. The average molecular weight is 294 g/mol. The Balaban J connectivity index is 2.68. The number of ether oxygens (including phenoxy) is 1. The summed E-state index contributed by atoms with van der Waals surface area (Å²) < 4.78 is 5.31. The van der Waals surface area contributed by atoms with E-state index in [1.54, 1.807) is 7.11 Å². The third-order valence-electron chi connectivity index (χ3n) is 2.78. The van der Waals surface area contributed by atoms with Crippen molar-refractivity contribution in [2.24, 2.45) is 5.41 Å². The molecule has 0 saturated heterocycles. The van der Waals surface area contributed by atoms with Crippen molar-refractivity contribution in [3.63, 3.8) is 0 Å². The predicted octanol–water partition coefficient (Wildman–Crippen LogP) is 4.20. The van der Waals surface area contributed by atoms with Gasteiger partial charge in [-0.3, -0.25) is 0 Å². The van der Waals surface area contributed by atoms with Gasteiger partial charge in [-0.25, -0.2) is 0 Å². The number of benzene rings is 1. The molecule has 0 aliphatic rings. The van der Waals surface area contributed by atoms with Crippen LogP contribution in [0.3, 0.4) is 0 Å². The van der Waals surface area contributed by atoms with Gasteiger partial charge in [-0.1, -0.05) is 32.9 Å². The molecule has 0 fully saturated rings. The van der Waals surface area contributed by atoms with Crippen molar-refractivity contribution in [3.05, 3.63) is 24.3 Å². The van der Waals surface area contributed by atoms with Crippen LogP contribution in [0, 0.1) is 5.41 Å². The van der Waals surface area contributed by atoms with Crippen molar-refractivity contribution in [3.8, 4) is 5.75 Å². The number of hydrogen-bond acceptors (Lipinski definition) is 2. The summed E-state index contributed by atoms with van der Waals surface area (Å²) in [6.07, 6.45) is 1.02. The van der Waals surface area contributed by atoms with E-state index in [9.17, 15) is 0 Å². The number of anilines is 1. The molecule has 112 valence electrons. The van der Waals surface area contributed by atoms with Crippen LogP contribution in [-0.4, -0.2) is 17.8 Å². The summed E-state index contributed by atoms with van der Waals surface area (Å²) in [5, 5.41) is 7.19. The SMILES string of the molecule is COc1ccccc1NC(=S)NC(C)(C)CC(C)(C)C. The molecular formula is C16H26N2OS. The Morgan fingerprint density at radius 1 is 1.15 bits per heavy atom. The second-order valence-electron chi connectivity index (χ2n) is 6.90. The molecule has 4 heteroatoms. The van der Waals surface area contributed by atoms with Crippen molar-refractivity contribution in [2.75, 3.05) is 12.4 Å². The predicted molar refractivity (Wildman–Crippen MR) is 90.5 cm³/mol. The average Bonchev–Trinajstić information content (AvgIpc) is 2.25. The molecular weight excluding hydrogens is 268 g/mol. The third kappa shape index (κ3) is 5.78. The Morgan fingerprint density at radius 3 is 2.30 bits per heavy atom. The molecule has 0 saturated carbocycles. The van der Waals surface area contributed by atoms with E-state index in [1.165, 1.54) is 0 Å². The zero-order chi connectivity index (χ0) is 15.4. The topological polar surface area (TPSA) is 33.3 Å². The summed E-state index contributed by atoms with van der Waals surface area (Å²) in [6, 6.07) is 7.74. The monoisotopic (exact) mass is 294 g/mol. The molecule has 0 aliphatic carbocycles. The van der Waals surface area contributed by atoms with Gasteiger partial charge < -0.3 is 15.4 Å². The van der Waals surface area contributed by atoms with Crippen LogP contribution in [0.25, 0.3) is 0 Å². The molecule has 2 N–H and O–H groups in total. The Labute approximate surface area is 128 Å². The first-order valence-corrected chi connectivity index (χ1v) is 7.26. The molecule has 0 bridgehead atoms. The van der Waals surface area contributed by atoms with E-state index >= 15 is 0 Å². The van der Waals surface area contributed by atoms with Gasteiger partial charge in [0.1, 0.15) is 5.75 Å². The maximum absolute atomic E-state index is 5.40. The Morgan fingerprint density at radius 2 is 1.75 bits per heavy atom. The van der Waals surface area contributed by atoms with Gasteiger partial charge in [-0.2, -0.15) is 0 Å². The largest absolute Gasteiger partial charge is 0.495 e. The van der Waals surface area contributed by atoms with Crippen LogP contribution in [0.5, 0.6) is 5.75 Å². The van der Waals surface area contributed by atoms with Crippen LogP contribution in [-0.2, 0) is 0 Å². The lowest BCUT2D eigenvalue weighted by molar-refractivity contribution is 0.268. The standard InChI is InChI=1S/C16H26N2OS/c1-15(2,3)11-16(4,5)18-14(20)17-12-9-7-8-10-13(12)19-6/h7-10H,11H2,1-6H3,(H2,17,18,20). The van der Waals surface area contributed by atoms with Gasteiger partial charge in [0.05, 0.1) is 12.8 Å². The fourth-order valence-corrected chi connectivity index (χ4v) is 2.97. The molecule has 0 radical (unpaired) electrons. The summed E-state index contributed by atoms with van der Waals surface area (Å²) in [4.78, 5) is 0. The molecule has 1 aromatic carbocycles. The zero-order valence-corrected chi connectivity index (χ0v) is 14.1. The van der Waals surface area contributed by atoms with Crippen molar-refractivity contribution < 1.29 is 4.74 Å².